The molecule has 0 spiro atoms. The first-order valence-electron chi connectivity index (χ1n) is 10.00. The molecular weight excluding hydrogens is 268 g/mol. The largest absolute Gasteiger partial charge is 0.462 e. The molecule has 122 valence electrons. The van der Waals surface area contributed by atoms with Crippen molar-refractivity contribution in [2.75, 3.05) is 0 Å². The standard InChI is InChI=1S/C21H32O/c1-20-11-4-3-5-14(20)6-7-15-16-8-9-18(19-13-22-19)21(16,2)12-10-17(15)20/h13-18H,3-12H2,1-2H3/t14?,15-,16-,17-,18+,20-,21-/m0/s1. The molecule has 0 aromatic heterocycles. The lowest BCUT2D eigenvalue weighted by molar-refractivity contribution is -0.109. The van der Waals surface area contributed by atoms with E-state index in [0.717, 1.165) is 29.6 Å². The Morgan fingerprint density at radius 2 is 1.68 bits per heavy atom. The summed E-state index contributed by atoms with van der Waals surface area (Å²) >= 11 is 0. The number of fused-ring (bicyclic) bond motifs is 5. The Hall–Kier alpha value is -0.460. The van der Waals surface area contributed by atoms with E-state index in [2.05, 4.69) is 13.8 Å². The fraction of sp³-hybridized carbons (Fsp3) is 0.905. The smallest absolute Gasteiger partial charge is 0.142 e. The molecule has 4 saturated carbocycles. The topological polar surface area (TPSA) is 12.5 Å². The van der Waals surface area contributed by atoms with Crippen LogP contribution in [-0.4, -0.2) is 0 Å². The fourth-order valence-corrected chi connectivity index (χ4v) is 7.96. The highest BCUT2D eigenvalue weighted by molar-refractivity contribution is 5.19. The van der Waals surface area contributed by atoms with Crippen molar-refractivity contribution in [1.29, 1.82) is 0 Å². The van der Waals surface area contributed by atoms with Gasteiger partial charge in [0.05, 0.1) is 0 Å². The Morgan fingerprint density at radius 3 is 2.50 bits per heavy atom. The number of ether oxygens (including phenoxy) is 1. The van der Waals surface area contributed by atoms with Crippen LogP contribution in [0.4, 0.5) is 0 Å². The molecule has 0 N–H and O–H groups in total. The molecule has 22 heavy (non-hydrogen) atoms. The summed E-state index contributed by atoms with van der Waals surface area (Å²) in [5, 5.41) is 0. The zero-order valence-electron chi connectivity index (χ0n) is 14.4. The first kappa shape index (κ1) is 13.9. The van der Waals surface area contributed by atoms with Gasteiger partial charge in [-0.25, -0.2) is 0 Å². The first-order chi connectivity index (χ1) is 10.6. The Kier molecular flexibility index (Phi) is 2.88. The van der Waals surface area contributed by atoms with Gasteiger partial charge in [-0.3, -0.25) is 0 Å². The summed E-state index contributed by atoms with van der Waals surface area (Å²) in [4.78, 5) is 0. The van der Waals surface area contributed by atoms with Gasteiger partial charge in [0.15, 0.2) is 0 Å². The highest BCUT2D eigenvalue weighted by Crippen LogP contribution is 2.68. The van der Waals surface area contributed by atoms with Crippen molar-refractivity contribution < 1.29 is 4.74 Å². The molecule has 1 heterocycles. The van der Waals surface area contributed by atoms with Gasteiger partial charge < -0.3 is 4.74 Å². The van der Waals surface area contributed by atoms with Gasteiger partial charge in [-0.1, -0.05) is 26.7 Å². The van der Waals surface area contributed by atoms with E-state index in [1.165, 1.54) is 70.0 Å². The number of rotatable bonds is 1. The average molecular weight is 300 g/mol. The van der Waals surface area contributed by atoms with E-state index in [9.17, 15) is 0 Å². The number of hydrogen-bond acceptors (Lipinski definition) is 1. The maximum atomic E-state index is 5.54. The molecule has 5 rings (SSSR count). The molecule has 0 aromatic carbocycles. The minimum atomic E-state index is 0.557. The molecule has 0 aromatic rings. The van der Waals surface area contributed by atoms with Crippen LogP contribution in [0.15, 0.2) is 12.0 Å². The van der Waals surface area contributed by atoms with E-state index in [4.69, 9.17) is 4.74 Å². The lowest BCUT2D eigenvalue weighted by atomic mass is 9.45. The molecule has 0 saturated heterocycles. The molecular formula is C21H32O. The molecule has 1 unspecified atom stereocenters. The Bertz CT molecular complexity index is 508. The average Bonchev–Trinajstić information content (AvgIpc) is 3.28. The first-order valence-corrected chi connectivity index (χ1v) is 10.00. The number of allylic oxidation sites excluding steroid dienone is 1. The Morgan fingerprint density at radius 1 is 0.864 bits per heavy atom. The highest BCUT2D eigenvalue weighted by atomic mass is 16.5. The quantitative estimate of drug-likeness (QED) is 0.586. The second-order valence-electron chi connectivity index (χ2n) is 9.72. The van der Waals surface area contributed by atoms with Crippen LogP contribution in [0, 0.1) is 40.4 Å². The Labute approximate surface area is 135 Å². The predicted molar refractivity (Wildman–Crippen MR) is 89.0 cm³/mol. The summed E-state index contributed by atoms with van der Waals surface area (Å²) < 4.78 is 5.54. The zero-order valence-corrected chi connectivity index (χ0v) is 14.4. The van der Waals surface area contributed by atoms with Crippen molar-refractivity contribution in [3.8, 4) is 0 Å². The third-order valence-electron chi connectivity index (χ3n) is 9.18. The molecule has 1 aliphatic heterocycles. The SMILES string of the molecule is C[C@]12CC[C@H]3[C@@H](CCC4CCCC[C@@]43C)[C@@H]1CC[C@@H]2C1=CO1. The maximum absolute atomic E-state index is 5.54. The van der Waals surface area contributed by atoms with E-state index in [-0.39, 0.29) is 0 Å². The monoisotopic (exact) mass is 300 g/mol. The van der Waals surface area contributed by atoms with Gasteiger partial charge in [-0.15, -0.1) is 0 Å². The molecule has 5 aliphatic rings. The van der Waals surface area contributed by atoms with Gasteiger partial charge in [0.25, 0.3) is 0 Å². The third-order valence-corrected chi connectivity index (χ3v) is 9.18. The van der Waals surface area contributed by atoms with Crippen molar-refractivity contribution in [3.63, 3.8) is 0 Å². The van der Waals surface area contributed by atoms with E-state index >= 15 is 0 Å². The van der Waals surface area contributed by atoms with Crippen LogP contribution in [0.5, 0.6) is 0 Å². The van der Waals surface area contributed by atoms with Crippen molar-refractivity contribution in [2.24, 2.45) is 40.4 Å². The highest BCUT2D eigenvalue weighted by Gasteiger charge is 2.61. The van der Waals surface area contributed by atoms with Crippen molar-refractivity contribution in [1.82, 2.24) is 0 Å². The second kappa shape index (κ2) is 4.54. The van der Waals surface area contributed by atoms with E-state index in [1.54, 1.807) is 0 Å². The van der Waals surface area contributed by atoms with E-state index in [0.29, 0.717) is 10.8 Å². The molecule has 0 amide bonds. The zero-order chi connectivity index (χ0) is 14.9. The summed E-state index contributed by atoms with van der Waals surface area (Å²) in [5.41, 5.74) is 1.25. The van der Waals surface area contributed by atoms with Gasteiger partial charge in [0.2, 0.25) is 0 Å². The van der Waals surface area contributed by atoms with Gasteiger partial charge >= 0.3 is 0 Å². The normalized spacial score (nSPS) is 56.3. The van der Waals surface area contributed by atoms with Gasteiger partial charge in [0, 0.05) is 5.92 Å². The Balaban J connectivity index is 1.46. The second-order valence-corrected chi connectivity index (χ2v) is 9.72. The third kappa shape index (κ3) is 1.72. The van der Waals surface area contributed by atoms with E-state index < -0.39 is 0 Å². The molecule has 7 atom stereocenters. The van der Waals surface area contributed by atoms with Crippen LogP contribution in [0.1, 0.15) is 78.1 Å². The molecule has 1 heteroatoms. The molecule has 4 aliphatic carbocycles. The van der Waals surface area contributed by atoms with Gasteiger partial charge in [-0.05, 0) is 85.9 Å². The molecule has 0 bridgehead atoms. The summed E-state index contributed by atoms with van der Waals surface area (Å²) in [6.45, 7) is 5.30. The molecule has 1 nitrogen and oxygen atoms in total. The van der Waals surface area contributed by atoms with Crippen LogP contribution in [0.25, 0.3) is 0 Å². The van der Waals surface area contributed by atoms with Crippen LogP contribution < -0.4 is 0 Å². The lowest BCUT2D eigenvalue weighted by Crippen LogP contribution is -2.52. The van der Waals surface area contributed by atoms with Crippen LogP contribution in [0.3, 0.4) is 0 Å². The minimum absolute atomic E-state index is 0.557. The number of hydrogen-bond donors (Lipinski definition) is 0. The summed E-state index contributed by atoms with van der Waals surface area (Å²) in [5.74, 6) is 6.22. The predicted octanol–water partition coefficient (Wildman–Crippen LogP) is 5.91. The molecule has 0 radical (unpaired) electrons. The summed E-state index contributed by atoms with van der Waals surface area (Å²) in [6, 6.07) is 0. The van der Waals surface area contributed by atoms with Gasteiger partial charge in [0.1, 0.15) is 12.0 Å². The van der Waals surface area contributed by atoms with Crippen molar-refractivity contribution in [2.45, 2.75) is 78.1 Å². The van der Waals surface area contributed by atoms with Crippen molar-refractivity contribution in [3.05, 3.63) is 12.0 Å². The maximum Gasteiger partial charge on any atom is 0.142 e. The van der Waals surface area contributed by atoms with Gasteiger partial charge in [-0.2, -0.15) is 0 Å². The van der Waals surface area contributed by atoms with Crippen molar-refractivity contribution >= 4 is 0 Å². The fourth-order valence-electron chi connectivity index (χ4n) is 7.96. The van der Waals surface area contributed by atoms with E-state index in [1.807, 2.05) is 6.26 Å². The van der Waals surface area contributed by atoms with Crippen LogP contribution in [-0.2, 0) is 4.74 Å². The van der Waals surface area contributed by atoms with Crippen LogP contribution >= 0.6 is 0 Å². The summed E-state index contributed by atoms with van der Waals surface area (Å²) in [7, 11) is 0. The lowest BCUT2D eigenvalue weighted by Gasteiger charge is -2.60. The molecule has 4 fully saturated rings. The van der Waals surface area contributed by atoms with Crippen LogP contribution in [0.2, 0.25) is 0 Å². The minimum Gasteiger partial charge on any atom is -0.462 e. The summed E-state index contributed by atoms with van der Waals surface area (Å²) in [6.07, 6.45) is 17.0.